The van der Waals surface area contributed by atoms with E-state index in [9.17, 15) is 13.6 Å². The van der Waals surface area contributed by atoms with E-state index in [1.54, 1.807) is 6.92 Å². The van der Waals surface area contributed by atoms with Crippen molar-refractivity contribution in [3.63, 3.8) is 0 Å². The summed E-state index contributed by atoms with van der Waals surface area (Å²) >= 11 is 5.83. The molecular weight excluding hydrogens is 326 g/mol. The van der Waals surface area contributed by atoms with Crippen LogP contribution in [0.5, 0.6) is 0 Å². The maximum Gasteiger partial charge on any atom is 0.256 e. The SMILES string of the molecule is Cc1nc([C@@H]2CN(C(=O)c3cc(Cl)ccc3F)C[C@H]2CF)n[nH]1. The molecule has 1 amide bonds. The van der Waals surface area contributed by atoms with Crippen LogP contribution in [0.2, 0.25) is 5.02 Å². The van der Waals surface area contributed by atoms with E-state index in [1.807, 2.05) is 0 Å². The van der Waals surface area contributed by atoms with Crippen LogP contribution in [0, 0.1) is 18.7 Å². The molecule has 1 aliphatic rings. The quantitative estimate of drug-likeness (QED) is 0.934. The molecule has 2 aromatic rings. The molecule has 1 saturated heterocycles. The van der Waals surface area contributed by atoms with Gasteiger partial charge in [0, 0.05) is 29.9 Å². The Labute approximate surface area is 136 Å². The van der Waals surface area contributed by atoms with E-state index in [0.29, 0.717) is 11.6 Å². The monoisotopic (exact) mass is 340 g/mol. The smallest absolute Gasteiger partial charge is 0.256 e. The van der Waals surface area contributed by atoms with Gasteiger partial charge in [0.25, 0.3) is 5.91 Å². The van der Waals surface area contributed by atoms with Gasteiger partial charge in [0.1, 0.15) is 11.6 Å². The zero-order chi connectivity index (χ0) is 16.6. The van der Waals surface area contributed by atoms with Crippen LogP contribution in [-0.4, -0.2) is 45.8 Å². The van der Waals surface area contributed by atoms with Crippen LogP contribution < -0.4 is 0 Å². The topological polar surface area (TPSA) is 61.9 Å². The molecule has 0 unspecified atom stereocenters. The third kappa shape index (κ3) is 3.06. The van der Waals surface area contributed by atoms with Gasteiger partial charge in [-0.1, -0.05) is 11.6 Å². The van der Waals surface area contributed by atoms with Crippen molar-refractivity contribution in [3.05, 3.63) is 46.3 Å². The first-order chi connectivity index (χ1) is 11.0. The Hall–Kier alpha value is -2.02. The normalized spacial score (nSPS) is 21.0. The first-order valence-corrected chi connectivity index (χ1v) is 7.56. The molecule has 1 aromatic heterocycles. The minimum atomic E-state index is -0.645. The molecule has 0 aliphatic carbocycles. The van der Waals surface area contributed by atoms with Crippen LogP contribution in [0.4, 0.5) is 8.78 Å². The van der Waals surface area contributed by atoms with Gasteiger partial charge in [-0.3, -0.25) is 14.3 Å². The van der Waals surface area contributed by atoms with Crippen molar-refractivity contribution in [2.24, 2.45) is 5.92 Å². The number of halogens is 3. The molecule has 0 bridgehead atoms. The lowest BCUT2D eigenvalue weighted by molar-refractivity contribution is 0.0780. The van der Waals surface area contributed by atoms with Gasteiger partial charge in [0.15, 0.2) is 5.82 Å². The summed E-state index contributed by atoms with van der Waals surface area (Å²) in [5.41, 5.74) is -0.109. The van der Waals surface area contributed by atoms with Crippen molar-refractivity contribution < 1.29 is 13.6 Å². The number of H-pyrrole nitrogens is 1. The number of nitrogens with zero attached hydrogens (tertiary/aromatic N) is 3. The summed E-state index contributed by atoms with van der Waals surface area (Å²) in [6.07, 6.45) is 0. The van der Waals surface area contributed by atoms with Crippen molar-refractivity contribution >= 4 is 17.5 Å². The minimum Gasteiger partial charge on any atom is -0.337 e. The molecule has 3 rings (SSSR count). The average Bonchev–Trinajstić information content (AvgIpc) is 3.14. The van der Waals surface area contributed by atoms with E-state index in [2.05, 4.69) is 15.2 Å². The Kier molecular flexibility index (Phi) is 4.30. The number of hydrogen-bond acceptors (Lipinski definition) is 3. The molecule has 23 heavy (non-hydrogen) atoms. The number of hydrogen-bond donors (Lipinski definition) is 1. The second kappa shape index (κ2) is 6.23. The van der Waals surface area contributed by atoms with Crippen LogP contribution in [0.15, 0.2) is 18.2 Å². The van der Waals surface area contributed by atoms with Crippen LogP contribution in [0.25, 0.3) is 0 Å². The Morgan fingerprint density at radius 3 is 2.91 bits per heavy atom. The van der Waals surface area contributed by atoms with Crippen molar-refractivity contribution in [2.45, 2.75) is 12.8 Å². The molecule has 8 heteroatoms. The van der Waals surface area contributed by atoms with Crippen LogP contribution in [-0.2, 0) is 0 Å². The zero-order valence-corrected chi connectivity index (χ0v) is 13.1. The number of likely N-dealkylation sites (tertiary alicyclic amines) is 1. The maximum absolute atomic E-state index is 13.9. The number of aryl methyl sites for hydroxylation is 1. The zero-order valence-electron chi connectivity index (χ0n) is 12.4. The number of alkyl halides is 1. The fourth-order valence-electron chi connectivity index (χ4n) is 2.84. The van der Waals surface area contributed by atoms with Gasteiger partial charge in [-0.05, 0) is 25.1 Å². The minimum absolute atomic E-state index is 0.109. The summed E-state index contributed by atoms with van der Waals surface area (Å²) < 4.78 is 27.2. The highest BCUT2D eigenvalue weighted by atomic mass is 35.5. The van der Waals surface area contributed by atoms with E-state index >= 15 is 0 Å². The summed E-state index contributed by atoms with van der Waals surface area (Å²) in [7, 11) is 0. The van der Waals surface area contributed by atoms with Gasteiger partial charge in [-0.25, -0.2) is 9.37 Å². The number of amides is 1. The number of aromatic amines is 1. The summed E-state index contributed by atoms with van der Waals surface area (Å²) in [5.74, 6) is -0.755. The number of carbonyl (C=O) groups is 1. The van der Waals surface area contributed by atoms with Gasteiger partial charge in [-0.15, -0.1) is 0 Å². The van der Waals surface area contributed by atoms with E-state index in [4.69, 9.17) is 11.6 Å². The summed E-state index contributed by atoms with van der Waals surface area (Å²) in [6, 6.07) is 3.81. The van der Waals surface area contributed by atoms with E-state index in [0.717, 1.165) is 6.07 Å². The first-order valence-electron chi connectivity index (χ1n) is 7.18. The van der Waals surface area contributed by atoms with Crippen molar-refractivity contribution in [3.8, 4) is 0 Å². The predicted molar refractivity (Wildman–Crippen MR) is 80.6 cm³/mol. The molecule has 122 valence electrons. The molecule has 1 fully saturated rings. The molecule has 1 aliphatic heterocycles. The van der Waals surface area contributed by atoms with Crippen molar-refractivity contribution in [1.82, 2.24) is 20.1 Å². The maximum atomic E-state index is 13.9. The van der Waals surface area contributed by atoms with Gasteiger partial charge < -0.3 is 4.90 Å². The fourth-order valence-corrected chi connectivity index (χ4v) is 3.02. The van der Waals surface area contributed by atoms with Crippen LogP contribution >= 0.6 is 11.6 Å². The summed E-state index contributed by atoms with van der Waals surface area (Å²) in [4.78, 5) is 18.2. The molecule has 0 saturated carbocycles. The number of nitrogens with one attached hydrogen (secondary N) is 1. The lowest BCUT2D eigenvalue weighted by Crippen LogP contribution is -2.30. The molecule has 2 atom stereocenters. The first kappa shape index (κ1) is 15.9. The third-order valence-electron chi connectivity index (χ3n) is 4.03. The van der Waals surface area contributed by atoms with E-state index < -0.39 is 24.3 Å². The molecule has 0 radical (unpaired) electrons. The third-order valence-corrected chi connectivity index (χ3v) is 4.27. The predicted octanol–water partition coefficient (Wildman–Crippen LogP) is 2.73. The molecule has 0 spiro atoms. The lowest BCUT2D eigenvalue weighted by Gasteiger charge is -2.16. The van der Waals surface area contributed by atoms with Crippen molar-refractivity contribution in [2.75, 3.05) is 19.8 Å². The molecular formula is C15H15ClF2N4O. The van der Waals surface area contributed by atoms with Gasteiger partial charge in [-0.2, -0.15) is 5.10 Å². The molecule has 2 heterocycles. The number of rotatable bonds is 3. The Morgan fingerprint density at radius 1 is 1.48 bits per heavy atom. The molecule has 1 aromatic carbocycles. The van der Waals surface area contributed by atoms with E-state index in [-0.39, 0.29) is 29.6 Å². The summed E-state index contributed by atoms with van der Waals surface area (Å²) in [6.45, 7) is 1.59. The highest BCUT2D eigenvalue weighted by Crippen LogP contribution is 2.32. The number of carbonyl (C=O) groups excluding carboxylic acids is 1. The van der Waals surface area contributed by atoms with Crippen LogP contribution in [0.3, 0.4) is 0 Å². The Bertz CT molecular complexity index is 736. The Morgan fingerprint density at radius 2 is 2.26 bits per heavy atom. The highest BCUT2D eigenvalue weighted by Gasteiger charge is 2.39. The standard InChI is InChI=1S/C15H15ClF2N4O/c1-8-19-14(21-20-8)12-7-22(6-9(12)5-17)15(23)11-4-10(16)2-3-13(11)18/h2-4,9,12H,5-7H2,1H3,(H,19,20,21)/t9-,12-/m1/s1. The van der Waals surface area contributed by atoms with Gasteiger partial charge in [0.05, 0.1) is 12.2 Å². The van der Waals surface area contributed by atoms with Gasteiger partial charge in [0.2, 0.25) is 0 Å². The second-order valence-electron chi connectivity index (χ2n) is 5.63. The fraction of sp³-hybridized carbons (Fsp3) is 0.400. The largest absolute Gasteiger partial charge is 0.337 e. The number of aromatic nitrogens is 3. The van der Waals surface area contributed by atoms with Crippen LogP contribution in [0.1, 0.15) is 27.9 Å². The van der Waals surface area contributed by atoms with E-state index in [1.165, 1.54) is 17.0 Å². The molecule has 5 nitrogen and oxygen atoms in total. The van der Waals surface area contributed by atoms with Gasteiger partial charge >= 0.3 is 0 Å². The second-order valence-corrected chi connectivity index (χ2v) is 6.07. The average molecular weight is 341 g/mol. The highest BCUT2D eigenvalue weighted by molar-refractivity contribution is 6.31. The summed E-state index contributed by atoms with van der Waals surface area (Å²) in [5, 5.41) is 7.05. The lowest BCUT2D eigenvalue weighted by atomic mass is 9.97. The number of benzene rings is 1. The van der Waals surface area contributed by atoms with Crippen molar-refractivity contribution in [1.29, 1.82) is 0 Å². The Balaban J connectivity index is 1.84. The molecule has 1 N–H and O–H groups in total.